The summed E-state index contributed by atoms with van der Waals surface area (Å²) >= 11 is 3.50. The highest BCUT2D eigenvalue weighted by atomic mass is 79.9. The van der Waals surface area contributed by atoms with E-state index in [0.29, 0.717) is 6.04 Å². The number of β-amino-alcohol motifs (C(OH)–C–C–N with tert-alkyl or cyclic N) is 1. The number of nitrogens with zero attached hydrogens (tertiary/aromatic N) is 3. The molecule has 0 aliphatic carbocycles. The second-order valence-corrected chi connectivity index (χ2v) is 6.00. The molecule has 1 aromatic heterocycles. The average Bonchev–Trinajstić information content (AvgIpc) is 2.83. The molecule has 1 saturated heterocycles. The van der Waals surface area contributed by atoms with Gasteiger partial charge >= 0.3 is 0 Å². The first-order chi connectivity index (χ1) is 9.28. The summed E-state index contributed by atoms with van der Waals surface area (Å²) < 4.78 is 3.26. The number of fused-ring (bicyclic) bond motifs is 1. The summed E-state index contributed by atoms with van der Waals surface area (Å²) in [5, 5.41) is 14.7. The van der Waals surface area contributed by atoms with Gasteiger partial charge in [-0.3, -0.25) is 4.68 Å². The fourth-order valence-electron chi connectivity index (χ4n) is 2.84. The van der Waals surface area contributed by atoms with Crippen LogP contribution in [-0.2, 0) is 0 Å². The molecule has 2 heterocycles. The van der Waals surface area contributed by atoms with Crippen molar-refractivity contribution in [2.24, 2.45) is 0 Å². The number of benzene rings is 1. The van der Waals surface area contributed by atoms with Gasteiger partial charge in [-0.1, -0.05) is 15.9 Å². The normalized spacial score (nSPS) is 18.2. The van der Waals surface area contributed by atoms with E-state index in [-0.39, 0.29) is 6.61 Å². The Labute approximate surface area is 121 Å². The second-order valence-electron chi connectivity index (χ2n) is 5.09. The minimum absolute atomic E-state index is 0.253. The summed E-state index contributed by atoms with van der Waals surface area (Å²) in [4.78, 5) is 2.32. The van der Waals surface area contributed by atoms with Crippen LogP contribution in [-0.4, -0.2) is 46.0 Å². The quantitative estimate of drug-likeness (QED) is 0.943. The van der Waals surface area contributed by atoms with Crippen LogP contribution in [0.4, 0.5) is 0 Å². The summed E-state index contributed by atoms with van der Waals surface area (Å²) in [5.41, 5.74) is 1.21. The van der Waals surface area contributed by atoms with Crippen LogP contribution in [0.5, 0.6) is 0 Å². The van der Waals surface area contributed by atoms with Crippen molar-refractivity contribution in [2.45, 2.75) is 18.9 Å². The molecule has 1 fully saturated rings. The third-order valence-corrected chi connectivity index (χ3v) is 4.37. The molecule has 0 bridgehead atoms. The number of hydrogen-bond acceptors (Lipinski definition) is 3. The van der Waals surface area contributed by atoms with Gasteiger partial charge in [0.05, 0.1) is 24.4 Å². The molecular weight excluding hydrogens is 306 g/mol. The van der Waals surface area contributed by atoms with Crippen LogP contribution < -0.4 is 0 Å². The van der Waals surface area contributed by atoms with Crippen LogP contribution in [0.1, 0.15) is 18.9 Å². The molecule has 5 heteroatoms. The van der Waals surface area contributed by atoms with E-state index in [1.54, 1.807) is 0 Å². The molecule has 1 aliphatic heterocycles. The van der Waals surface area contributed by atoms with Crippen LogP contribution in [0.15, 0.2) is 28.9 Å². The molecule has 1 N–H and O–H groups in total. The predicted octanol–water partition coefficient (Wildman–Crippen LogP) is 2.43. The molecule has 0 amide bonds. The zero-order chi connectivity index (χ0) is 13.2. The van der Waals surface area contributed by atoms with Crippen LogP contribution in [0.2, 0.25) is 0 Å². The van der Waals surface area contributed by atoms with Crippen molar-refractivity contribution in [1.82, 2.24) is 14.7 Å². The number of piperidine rings is 1. The number of aliphatic hydroxyl groups excluding tert-OH is 1. The molecule has 0 unspecified atom stereocenters. The first-order valence-corrected chi connectivity index (χ1v) is 7.53. The van der Waals surface area contributed by atoms with E-state index < -0.39 is 0 Å². The van der Waals surface area contributed by atoms with Crippen LogP contribution >= 0.6 is 15.9 Å². The lowest BCUT2D eigenvalue weighted by atomic mass is 10.1. The Morgan fingerprint density at radius 1 is 1.32 bits per heavy atom. The maximum absolute atomic E-state index is 8.97. The molecule has 19 heavy (non-hydrogen) atoms. The highest BCUT2D eigenvalue weighted by Gasteiger charge is 2.21. The number of aliphatic hydroxyl groups is 1. The molecule has 0 spiro atoms. The minimum atomic E-state index is 0.253. The third-order valence-electron chi connectivity index (χ3n) is 3.88. The van der Waals surface area contributed by atoms with Gasteiger partial charge in [0.1, 0.15) is 0 Å². The maximum atomic E-state index is 8.97. The first-order valence-electron chi connectivity index (χ1n) is 6.74. The average molecular weight is 324 g/mol. The van der Waals surface area contributed by atoms with Crippen molar-refractivity contribution >= 4 is 26.8 Å². The Morgan fingerprint density at radius 2 is 2.11 bits per heavy atom. The van der Waals surface area contributed by atoms with Crippen molar-refractivity contribution in [3.63, 3.8) is 0 Å². The SMILES string of the molecule is OCCN1CCC(n2ncc3cc(Br)ccc32)CC1. The molecule has 1 aromatic carbocycles. The smallest absolute Gasteiger partial charge is 0.0686 e. The van der Waals surface area contributed by atoms with Gasteiger partial charge in [0.15, 0.2) is 0 Å². The Morgan fingerprint density at radius 3 is 2.84 bits per heavy atom. The molecule has 0 atom stereocenters. The van der Waals surface area contributed by atoms with E-state index in [0.717, 1.165) is 36.9 Å². The lowest BCUT2D eigenvalue weighted by Gasteiger charge is -2.31. The van der Waals surface area contributed by atoms with Crippen LogP contribution in [0.25, 0.3) is 10.9 Å². The lowest BCUT2D eigenvalue weighted by molar-refractivity contribution is 0.147. The molecule has 1 aliphatic rings. The van der Waals surface area contributed by atoms with Gasteiger partial charge in [-0.25, -0.2) is 0 Å². The molecule has 0 saturated carbocycles. The summed E-state index contributed by atoms with van der Waals surface area (Å²) in [6, 6.07) is 6.79. The van der Waals surface area contributed by atoms with Crippen LogP contribution in [0.3, 0.4) is 0 Å². The number of rotatable bonds is 3. The minimum Gasteiger partial charge on any atom is -0.395 e. The van der Waals surface area contributed by atoms with Gasteiger partial charge in [-0.2, -0.15) is 5.10 Å². The zero-order valence-electron chi connectivity index (χ0n) is 10.8. The van der Waals surface area contributed by atoms with E-state index in [4.69, 9.17) is 5.11 Å². The van der Waals surface area contributed by atoms with Gasteiger partial charge < -0.3 is 10.0 Å². The van der Waals surface area contributed by atoms with Crippen LogP contribution in [0, 0.1) is 0 Å². The van der Waals surface area contributed by atoms with Crippen molar-refractivity contribution in [3.8, 4) is 0 Å². The molecule has 2 aromatic rings. The highest BCUT2D eigenvalue weighted by Crippen LogP contribution is 2.27. The molecule has 102 valence electrons. The summed E-state index contributed by atoms with van der Waals surface area (Å²) in [5.74, 6) is 0. The fourth-order valence-corrected chi connectivity index (χ4v) is 3.22. The van der Waals surface area contributed by atoms with Crippen molar-refractivity contribution in [3.05, 3.63) is 28.9 Å². The van der Waals surface area contributed by atoms with E-state index in [1.165, 1.54) is 10.9 Å². The Balaban J connectivity index is 1.78. The number of likely N-dealkylation sites (tertiary alicyclic amines) is 1. The number of hydrogen-bond donors (Lipinski definition) is 1. The standard InChI is InChI=1S/C14H18BrN3O/c15-12-1-2-14-11(9-12)10-16-18(14)13-3-5-17(6-4-13)7-8-19/h1-2,9-10,13,19H,3-8H2. The summed E-state index contributed by atoms with van der Waals surface area (Å²) in [6.45, 7) is 3.13. The first kappa shape index (κ1) is 13.1. The zero-order valence-corrected chi connectivity index (χ0v) is 12.4. The second kappa shape index (κ2) is 5.61. The Hall–Kier alpha value is -0.910. The molecule has 0 radical (unpaired) electrons. The predicted molar refractivity (Wildman–Crippen MR) is 79.2 cm³/mol. The fraction of sp³-hybridized carbons (Fsp3) is 0.500. The van der Waals surface area contributed by atoms with E-state index in [2.05, 4.69) is 48.8 Å². The van der Waals surface area contributed by atoms with Gasteiger partial charge in [0.25, 0.3) is 0 Å². The highest BCUT2D eigenvalue weighted by molar-refractivity contribution is 9.10. The topological polar surface area (TPSA) is 41.3 Å². The van der Waals surface area contributed by atoms with Crippen molar-refractivity contribution in [2.75, 3.05) is 26.2 Å². The van der Waals surface area contributed by atoms with Gasteiger partial charge in [-0.05, 0) is 31.0 Å². The molecule has 4 nitrogen and oxygen atoms in total. The lowest BCUT2D eigenvalue weighted by Crippen LogP contribution is -2.36. The largest absolute Gasteiger partial charge is 0.395 e. The van der Waals surface area contributed by atoms with Gasteiger partial charge in [0, 0.05) is 29.5 Å². The maximum Gasteiger partial charge on any atom is 0.0686 e. The molecule has 3 rings (SSSR count). The van der Waals surface area contributed by atoms with E-state index in [9.17, 15) is 0 Å². The Kier molecular flexibility index (Phi) is 3.86. The van der Waals surface area contributed by atoms with Gasteiger partial charge in [-0.15, -0.1) is 0 Å². The number of aromatic nitrogens is 2. The van der Waals surface area contributed by atoms with Gasteiger partial charge in [0.2, 0.25) is 0 Å². The van der Waals surface area contributed by atoms with E-state index >= 15 is 0 Å². The van der Waals surface area contributed by atoms with E-state index in [1.807, 2.05) is 6.20 Å². The summed E-state index contributed by atoms with van der Waals surface area (Å²) in [6.07, 6.45) is 4.15. The van der Waals surface area contributed by atoms with Crippen molar-refractivity contribution in [1.29, 1.82) is 0 Å². The van der Waals surface area contributed by atoms with Crippen molar-refractivity contribution < 1.29 is 5.11 Å². The number of halogens is 1. The Bertz CT molecular complexity index is 561. The molecular formula is C14H18BrN3O. The third kappa shape index (κ3) is 2.68. The monoisotopic (exact) mass is 323 g/mol. The summed E-state index contributed by atoms with van der Waals surface area (Å²) in [7, 11) is 0.